The molecule has 2 aromatic heterocycles. The van der Waals surface area contributed by atoms with E-state index >= 15 is 0 Å². The van der Waals surface area contributed by atoms with Gasteiger partial charge in [-0.05, 0) is 85.5 Å². The normalized spacial score (nSPS) is 17.8. The zero-order chi connectivity index (χ0) is 27.6. The number of hydrogen-bond donors (Lipinski definition) is 1. The van der Waals surface area contributed by atoms with Crippen molar-refractivity contribution in [3.63, 3.8) is 0 Å². The molecule has 1 saturated carbocycles. The van der Waals surface area contributed by atoms with Gasteiger partial charge in [-0.25, -0.2) is 4.68 Å². The fourth-order valence-electron chi connectivity index (χ4n) is 6.41. The maximum Gasteiger partial charge on any atom is 0.253 e. The first-order valence-corrected chi connectivity index (χ1v) is 14.7. The number of aromatic nitrogens is 5. The zero-order valence-electron chi connectivity index (χ0n) is 23.8. The van der Waals surface area contributed by atoms with E-state index < -0.39 is 0 Å². The molecule has 4 aromatic rings. The van der Waals surface area contributed by atoms with Gasteiger partial charge < -0.3 is 14.6 Å². The first kappa shape index (κ1) is 26.5. The van der Waals surface area contributed by atoms with Crippen LogP contribution >= 0.6 is 0 Å². The minimum atomic E-state index is -0.346. The highest BCUT2D eigenvalue weighted by molar-refractivity contribution is 5.80. The van der Waals surface area contributed by atoms with Crippen LogP contribution in [0.1, 0.15) is 73.6 Å². The maximum atomic E-state index is 13.7. The van der Waals surface area contributed by atoms with E-state index in [1.807, 2.05) is 35.9 Å². The van der Waals surface area contributed by atoms with E-state index in [0.29, 0.717) is 12.2 Å². The molecule has 2 aromatic carbocycles. The fraction of sp³-hybridized carbons (Fsp3) is 0.484. The lowest BCUT2D eigenvalue weighted by Crippen LogP contribution is -2.49. The molecule has 0 amide bonds. The standard InChI is InChI=1S/C31H39N7O2/c1-4-40-25-12-13-27-23(19-25)20-26(31(39)32-27)29(30-33-34-35-38(30)24-8-6-5-7-9-24)37-16-14-36(15-17-37)28-18-21(2)10-11-22(28)3/h10-13,18-20,24,29H,4-9,14-17H2,1-3H3,(H,32,39)/t29-/m0/s1. The summed E-state index contributed by atoms with van der Waals surface area (Å²) in [6.07, 6.45) is 5.75. The Bertz CT molecular complexity index is 1530. The number of ether oxygens (including phenoxy) is 1. The summed E-state index contributed by atoms with van der Waals surface area (Å²) in [6.45, 7) is 10.2. The third-order valence-electron chi connectivity index (χ3n) is 8.52. The van der Waals surface area contributed by atoms with E-state index in [9.17, 15) is 4.79 Å². The van der Waals surface area contributed by atoms with Crippen molar-refractivity contribution in [3.05, 3.63) is 75.3 Å². The van der Waals surface area contributed by atoms with Gasteiger partial charge in [0.05, 0.1) is 12.6 Å². The number of anilines is 1. The van der Waals surface area contributed by atoms with Crippen molar-refractivity contribution >= 4 is 16.6 Å². The summed E-state index contributed by atoms with van der Waals surface area (Å²) in [5.74, 6) is 1.55. The lowest BCUT2D eigenvalue weighted by Gasteiger charge is -2.40. The molecule has 0 bridgehead atoms. The second-order valence-electron chi connectivity index (χ2n) is 11.2. The Balaban J connectivity index is 1.39. The molecule has 3 heterocycles. The van der Waals surface area contributed by atoms with Crippen molar-refractivity contribution < 1.29 is 4.74 Å². The summed E-state index contributed by atoms with van der Waals surface area (Å²) in [4.78, 5) is 21.6. The predicted octanol–water partition coefficient (Wildman–Crippen LogP) is 4.95. The van der Waals surface area contributed by atoms with E-state index in [0.717, 1.165) is 61.5 Å². The average Bonchev–Trinajstić information content (AvgIpc) is 3.45. The number of aromatic amines is 1. The van der Waals surface area contributed by atoms with Gasteiger partial charge in [-0.2, -0.15) is 0 Å². The Morgan fingerprint density at radius 3 is 2.58 bits per heavy atom. The first-order chi connectivity index (χ1) is 19.5. The number of H-pyrrole nitrogens is 1. The summed E-state index contributed by atoms with van der Waals surface area (Å²) in [6, 6.07) is 14.4. The zero-order valence-corrected chi connectivity index (χ0v) is 23.8. The lowest BCUT2D eigenvalue weighted by atomic mass is 9.95. The van der Waals surface area contributed by atoms with Crippen LogP contribution in [-0.2, 0) is 0 Å². The molecule has 9 heteroatoms. The van der Waals surface area contributed by atoms with Gasteiger partial charge in [0, 0.05) is 48.3 Å². The number of piperazine rings is 1. The number of nitrogens with zero attached hydrogens (tertiary/aromatic N) is 6. The van der Waals surface area contributed by atoms with Crippen molar-refractivity contribution in [2.75, 3.05) is 37.7 Å². The number of benzene rings is 2. The third kappa shape index (κ3) is 5.22. The van der Waals surface area contributed by atoms with E-state index in [1.165, 1.54) is 36.1 Å². The highest BCUT2D eigenvalue weighted by Gasteiger charge is 2.34. The van der Waals surface area contributed by atoms with Crippen molar-refractivity contribution in [1.29, 1.82) is 0 Å². The minimum absolute atomic E-state index is 0.100. The Kier molecular flexibility index (Phi) is 7.56. The van der Waals surface area contributed by atoms with Crippen molar-refractivity contribution in [3.8, 4) is 5.75 Å². The van der Waals surface area contributed by atoms with Gasteiger partial charge in [-0.3, -0.25) is 9.69 Å². The number of tetrazole rings is 1. The molecule has 1 N–H and O–H groups in total. The van der Waals surface area contributed by atoms with Crippen molar-refractivity contribution in [2.45, 2.75) is 65.0 Å². The van der Waals surface area contributed by atoms with E-state index in [2.05, 4.69) is 62.4 Å². The highest BCUT2D eigenvalue weighted by atomic mass is 16.5. The summed E-state index contributed by atoms with van der Waals surface area (Å²) in [5, 5.41) is 14.2. The molecule has 0 spiro atoms. The Morgan fingerprint density at radius 2 is 1.80 bits per heavy atom. The smallest absolute Gasteiger partial charge is 0.253 e. The first-order valence-electron chi connectivity index (χ1n) is 14.7. The molecule has 1 atom stereocenters. The van der Waals surface area contributed by atoms with Crippen LogP contribution in [0.25, 0.3) is 10.9 Å². The van der Waals surface area contributed by atoms with Crippen LogP contribution in [0.15, 0.2) is 47.3 Å². The molecule has 210 valence electrons. The molecule has 6 rings (SSSR count). The van der Waals surface area contributed by atoms with Crippen LogP contribution in [0.5, 0.6) is 5.75 Å². The van der Waals surface area contributed by atoms with Gasteiger partial charge in [0.15, 0.2) is 5.82 Å². The highest BCUT2D eigenvalue weighted by Crippen LogP contribution is 2.34. The van der Waals surface area contributed by atoms with E-state index in [4.69, 9.17) is 4.74 Å². The van der Waals surface area contributed by atoms with Crippen LogP contribution in [0, 0.1) is 13.8 Å². The number of fused-ring (bicyclic) bond motifs is 1. The number of aryl methyl sites for hydroxylation is 2. The predicted molar refractivity (Wildman–Crippen MR) is 157 cm³/mol. The lowest BCUT2D eigenvalue weighted by molar-refractivity contribution is 0.192. The molecule has 1 aliphatic carbocycles. The van der Waals surface area contributed by atoms with Gasteiger partial charge in [-0.15, -0.1) is 5.10 Å². The monoisotopic (exact) mass is 541 g/mol. The van der Waals surface area contributed by atoms with Crippen LogP contribution in [0.2, 0.25) is 0 Å². The average molecular weight is 542 g/mol. The van der Waals surface area contributed by atoms with Gasteiger partial charge in [0.1, 0.15) is 11.8 Å². The van der Waals surface area contributed by atoms with Crippen LogP contribution in [-0.4, -0.2) is 62.9 Å². The van der Waals surface area contributed by atoms with Gasteiger partial charge in [-0.1, -0.05) is 31.4 Å². The quantitative estimate of drug-likeness (QED) is 0.354. The SMILES string of the molecule is CCOc1ccc2[nH]c(=O)c([C@@H](c3nnnn3C3CCCCC3)N3CCN(c4cc(C)ccc4C)CC3)cc2c1. The van der Waals surface area contributed by atoms with Crippen molar-refractivity contribution in [1.82, 2.24) is 30.1 Å². The van der Waals surface area contributed by atoms with Crippen LogP contribution < -0.4 is 15.2 Å². The topological polar surface area (TPSA) is 92.2 Å². The van der Waals surface area contributed by atoms with Crippen LogP contribution in [0.4, 0.5) is 5.69 Å². The molecule has 0 radical (unpaired) electrons. The minimum Gasteiger partial charge on any atom is -0.494 e. The Labute approximate surface area is 235 Å². The van der Waals surface area contributed by atoms with E-state index in [-0.39, 0.29) is 17.6 Å². The molecular weight excluding hydrogens is 502 g/mol. The Morgan fingerprint density at radius 1 is 1.00 bits per heavy atom. The Hall–Kier alpha value is -3.72. The van der Waals surface area contributed by atoms with Gasteiger partial charge >= 0.3 is 0 Å². The second-order valence-corrected chi connectivity index (χ2v) is 11.2. The molecular formula is C31H39N7O2. The number of hydrogen-bond acceptors (Lipinski definition) is 7. The molecule has 1 saturated heterocycles. The summed E-state index contributed by atoms with van der Waals surface area (Å²) in [7, 11) is 0. The third-order valence-corrected chi connectivity index (χ3v) is 8.52. The maximum absolute atomic E-state index is 13.7. The second kappa shape index (κ2) is 11.4. The van der Waals surface area contributed by atoms with Gasteiger partial charge in [0.25, 0.3) is 5.56 Å². The van der Waals surface area contributed by atoms with Crippen molar-refractivity contribution in [2.24, 2.45) is 0 Å². The number of pyridine rings is 1. The molecule has 2 aliphatic rings. The number of nitrogens with one attached hydrogen (secondary N) is 1. The largest absolute Gasteiger partial charge is 0.494 e. The summed E-state index contributed by atoms with van der Waals surface area (Å²) in [5.41, 5.74) is 5.21. The fourth-order valence-corrected chi connectivity index (χ4v) is 6.41. The molecule has 2 fully saturated rings. The molecule has 0 unspecified atom stereocenters. The number of rotatable bonds is 7. The molecule has 1 aliphatic heterocycles. The molecule has 9 nitrogen and oxygen atoms in total. The summed E-state index contributed by atoms with van der Waals surface area (Å²) >= 11 is 0. The van der Waals surface area contributed by atoms with E-state index in [1.54, 1.807) is 0 Å². The summed E-state index contributed by atoms with van der Waals surface area (Å²) < 4.78 is 7.77. The van der Waals surface area contributed by atoms with Crippen LogP contribution in [0.3, 0.4) is 0 Å². The van der Waals surface area contributed by atoms with Gasteiger partial charge in [0.2, 0.25) is 0 Å². The molecule has 40 heavy (non-hydrogen) atoms.